The zero-order valence-electron chi connectivity index (χ0n) is 28.3. The lowest BCUT2D eigenvalue weighted by Crippen LogP contribution is -2.46. The maximum absolute atomic E-state index is 14.0. The van der Waals surface area contributed by atoms with E-state index in [0.29, 0.717) is 54.6 Å². The number of non-ortho nitro benzene ring substituents is 1. The van der Waals surface area contributed by atoms with Crippen molar-refractivity contribution in [2.24, 2.45) is 5.10 Å². The van der Waals surface area contributed by atoms with Crippen molar-refractivity contribution in [3.8, 4) is 11.5 Å². The molecule has 1 saturated heterocycles. The van der Waals surface area contributed by atoms with E-state index in [9.17, 15) is 33.8 Å². The summed E-state index contributed by atoms with van der Waals surface area (Å²) >= 11 is 5.99. The van der Waals surface area contributed by atoms with Gasteiger partial charge in [0, 0.05) is 81.2 Å². The second-order valence-electron chi connectivity index (χ2n) is 12.3. The number of nitrogens with zero attached hydrogens (tertiary/aromatic N) is 6. The summed E-state index contributed by atoms with van der Waals surface area (Å²) in [4.78, 5) is 26.5. The van der Waals surface area contributed by atoms with Gasteiger partial charge in [-0.25, -0.2) is 8.42 Å². The Kier molecular flexibility index (Phi) is 11.7. The third-order valence-electron chi connectivity index (χ3n) is 8.78. The molecular weight excluding hydrogens is 730 g/mol. The molecule has 18 heteroatoms. The second-order valence-corrected chi connectivity index (χ2v) is 14.6. The van der Waals surface area contributed by atoms with Crippen molar-refractivity contribution >= 4 is 50.6 Å². The molecule has 0 aliphatic carbocycles. The summed E-state index contributed by atoms with van der Waals surface area (Å²) in [5.74, 6) is 1.45. The normalized spacial score (nSPS) is 14.6. The lowest BCUT2D eigenvalue weighted by molar-refractivity contribution is -0.385. The Bertz CT molecular complexity index is 2110. The smallest absolute Gasteiger partial charge is 0.293 e. The van der Waals surface area contributed by atoms with Crippen molar-refractivity contribution < 1.29 is 32.8 Å². The number of hydrazone groups is 1. The molecule has 2 aliphatic rings. The monoisotopic (exact) mass is 765 g/mol. The topological polar surface area (TPSA) is 193 Å². The highest BCUT2D eigenvalue weighted by molar-refractivity contribution is 7.89. The Balaban J connectivity index is 1.17. The van der Waals surface area contributed by atoms with Crippen LogP contribution in [0.1, 0.15) is 23.1 Å². The molecule has 6 rings (SSSR count). The van der Waals surface area contributed by atoms with Gasteiger partial charge in [0.2, 0.25) is 16.8 Å². The number of ether oxygens (including phenoxy) is 2. The molecule has 2 aliphatic heterocycles. The number of nitrogens with one attached hydrogen (secondary N) is 1. The highest BCUT2D eigenvalue weighted by atomic mass is 35.5. The molecule has 0 radical (unpaired) electrons. The van der Waals surface area contributed by atoms with Gasteiger partial charge in [-0.3, -0.25) is 30.6 Å². The third kappa shape index (κ3) is 9.01. The van der Waals surface area contributed by atoms with Gasteiger partial charge < -0.3 is 19.5 Å². The number of fused-ring (bicyclic) bond motifs is 1. The summed E-state index contributed by atoms with van der Waals surface area (Å²) in [7, 11) is -4.38. The highest BCUT2D eigenvalue weighted by Crippen LogP contribution is 2.34. The van der Waals surface area contributed by atoms with Gasteiger partial charge in [-0.1, -0.05) is 35.9 Å². The number of nitro benzene ring substituents is 2. The first-order valence-electron chi connectivity index (χ1n) is 16.6. The number of rotatable bonds is 15. The standard InChI is InChI=1S/C35H36ClN7O9S/c36-28-6-2-25(3-7-28)23-41(12-1-17-44)53(49,50)35-20-29(42(45)46)8-9-30(35)38-37-21-26-4-10-31(32(18-26)43(47)48)40-15-13-39(14-16-40)22-27-5-11-33-34(19-27)52-24-51-33/h2-11,18-21,38,44H,1,12-17,22-24H2/b37-21-. The van der Waals surface area contributed by atoms with E-state index in [1.807, 2.05) is 23.1 Å². The summed E-state index contributed by atoms with van der Waals surface area (Å²) in [6.45, 7) is 3.01. The minimum Gasteiger partial charge on any atom is -0.454 e. The molecule has 53 heavy (non-hydrogen) atoms. The number of benzene rings is 4. The maximum Gasteiger partial charge on any atom is 0.293 e. The molecule has 2 N–H and O–H groups in total. The Morgan fingerprint density at radius 1 is 0.906 bits per heavy atom. The number of aliphatic hydroxyl groups excluding tert-OH is 1. The zero-order valence-corrected chi connectivity index (χ0v) is 29.9. The average molecular weight is 766 g/mol. The van der Waals surface area contributed by atoms with Crippen LogP contribution in [-0.2, 0) is 23.1 Å². The molecule has 1 fully saturated rings. The van der Waals surface area contributed by atoms with Crippen molar-refractivity contribution in [3.63, 3.8) is 0 Å². The van der Waals surface area contributed by atoms with Crippen LogP contribution in [-0.4, -0.2) is 84.9 Å². The quantitative estimate of drug-likeness (QED) is 0.0911. The zero-order chi connectivity index (χ0) is 37.5. The molecule has 0 atom stereocenters. The fraction of sp³-hybridized carbons (Fsp3) is 0.286. The molecule has 4 aromatic rings. The lowest BCUT2D eigenvalue weighted by atomic mass is 10.1. The molecule has 0 aromatic heterocycles. The Hall–Kier alpha value is -5.33. The summed E-state index contributed by atoms with van der Waals surface area (Å²) in [5.41, 5.74) is 4.57. The Labute approximate surface area is 310 Å². The number of hydrogen-bond donors (Lipinski definition) is 2. The predicted octanol–water partition coefficient (Wildman–Crippen LogP) is 5.23. The van der Waals surface area contributed by atoms with Gasteiger partial charge >= 0.3 is 0 Å². The Morgan fingerprint density at radius 3 is 2.36 bits per heavy atom. The molecule has 0 spiro atoms. The number of hydrogen-bond acceptors (Lipinski definition) is 13. The molecule has 0 saturated carbocycles. The summed E-state index contributed by atoms with van der Waals surface area (Å²) in [6.07, 6.45) is 1.42. The van der Waals surface area contributed by atoms with Crippen LogP contribution in [0.5, 0.6) is 11.5 Å². The second kappa shape index (κ2) is 16.6. The van der Waals surface area contributed by atoms with Crippen LogP contribution in [0.3, 0.4) is 0 Å². The summed E-state index contributed by atoms with van der Waals surface area (Å²) in [6, 6.07) is 20.4. The van der Waals surface area contributed by atoms with Gasteiger partial charge in [-0.2, -0.15) is 9.41 Å². The Morgan fingerprint density at radius 2 is 1.64 bits per heavy atom. The van der Waals surface area contributed by atoms with Crippen LogP contribution in [0.2, 0.25) is 5.02 Å². The molecular formula is C35H36ClN7O9S. The SMILES string of the molecule is O=[N+]([O-])c1ccc(N/N=C\c2ccc(N3CCN(Cc4ccc5c(c4)OCO5)CC3)c([N+](=O)[O-])c2)c(S(=O)(=O)N(CCCO)Cc2ccc(Cl)cc2)c1. The van der Waals surface area contributed by atoms with E-state index >= 15 is 0 Å². The molecule has 0 amide bonds. The molecule has 2 heterocycles. The highest BCUT2D eigenvalue weighted by Gasteiger charge is 2.30. The number of aliphatic hydroxyl groups is 1. The molecule has 0 unspecified atom stereocenters. The van der Waals surface area contributed by atoms with Crippen LogP contribution in [0.15, 0.2) is 88.9 Å². The van der Waals surface area contributed by atoms with Crippen molar-refractivity contribution in [1.29, 1.82) is 0 Å². The van der Waals surface area contributed by atoms with Crippen LogP contribution in [0, 0.1) is 20.2 Å². The van der Waals surface area contributed by atoms with Crippen molar-refractivity contribution in [2.75, 3.05) is 56.4 Å². The fourth-order valence-electron chi connectivity index (χ4n) is 6.05. The first-order chi connectivity index (χ1) is 25.5. The van der Waals surface area contributed by atoms with E-state index in [1.54, 1.807) is 36.4 Å². The summed E-state index contributed by atoms with van der Waals surface area (Å²) < 4.78 is 40.0. The van der Waals surface area contributed by atoms with Crippen LogP contribution in [0.4, 0.5) is 22.7 Å². The number of nitro groups is 2. The third-order valence-corrected chi connectivity index (χ3v) is 10.9. The minimum atomic E-state index is -4.38. The van der Waals surface area contributed by atoms with E-state index < -0.39 is 30.5 Å². The van der Waals surface area contributed by atoms with Gasteiger partial charge in [0.25, 0.3) is 11.4 Å². The number of anilines is 2. The minimum absolute atomic E-state index is 0.0540. The van der Waals surface area contributed by atoms with Crippen LogP contribution < -0.4 is 19.8 Å². The maximum atomic E-state index is 14.0. The molecule has 4 aromatic carbocycles. The first-order valence-corrected chi connectivity index (χ1v) is 18.4. The number of halogens is 1. The fourth-order valence-corrected chi connectivity index (χ4v) is 7.80. The van der Waals surface area contributed by atoms with E-state index in [4.69, 9.17) is 21.1 Å². The van der Waals surface area contributed by atoms with Gasteiger partial charge in [0.15, 0.2) is 11.5 Å². The largest absolute Gasteiger partial charge is 0.454 e. The van der Waals surface area contributed by atoms with Gasteiger partial charge in [-0.05, 0) is 53.9 Å². The predicted molar refractivity (Wildman–Crippen MR) is 198 cm³/mol. The van der Waals surface area contributed by atoms with Gasteiger partial charge in [0.1, 0.15) is 10.6 Å². The van der Waals surface area contributed by atoms with E-state index in [1.165, 1.54) is 18.3 Å². The number of piperazine rings is 1. The van der Waals surface area contributed by atoms with Crippen molar-refractivity contribution in [2.45, 2.75) is 24.4 Å². The van der Waals surface area contributed by atoms with Crippen molar-refractivity contribution in [3.05, 3.63) is 121 Å². The van der Waals surface area contributed by atoms with Gasteiger partial charge in [0.05, 0.1) is 21.7 Å². The van der Waals surface area contributed by atoms with E-state index in [2.05, 4.69) is 15.4 Å². The van der Waals surface area contributed by atoms with Crippen LogP contribution >= 0.6 is 11.6 Å². The van der Waals surface area contributed by atoms with E-state index in [-0.39, 0.29) is 44.3 Å². The van der Waals surface area contributed by atoms with Crippen LogP contribution in [0.25, 0.3) is 0 Å². The van der Waals surface area contributed by atoms with Crippen molar-refractivity contribution in [1.82, 2.24) is 9.21 Å². The first kappa shape index (κ1) is 37.4. The summed E-state index contributed by atoms with van der Waals surface area (Å²) in [5, 5.41) is 37.9. The lowest BCUT2D eigenvalue weighted by Gasteiger charge is -2.35. The molecule has 0 bridgehead atoms. The molecule has 278 valence electrons. The molecule has 16 nitrogen and oxygen atoms in total. The number of sulfonamides is 1. The van der Waals surface area contributed by atoms with Gasteiger partial charge in [-0.15, -0.1) is 0 Å². The average Bonchev–Trinajstić information content (AvgIpc) is 3.62. The van der Waals surface area contributed by atoms with E-state index in [0.717, 1.165) is 33.5 Å².